The highest BCUT2D eigenvalue weighted by Gasteiger charge is 2.29. The van der Waals surface area contributed by atoms with E-state index in [9.17, 15) is 4.39 Å². The molecule has 2 rings (SSSR count). The second-order valence-electron chi connectivity index (χ2n) is 7.58. The Labute approximate surface area is 128 Å². The van der Waals surface area contributed by atoms with Gasteiger partial charge in [0.15, 0.2) is 0 Å². The minimum Gasteiger partial charge on any atom is -0.312 e. The van der Waals surface area contributed by atoms with Gasteiger partial charge in [-0.05, 0) is 42.5 Å². The zero-order valence-corrected chi connectivity index (χ0v) is 13.9. The van der Waals surface area contributed by atoms with Crippen LogP contribution in [0, 0.1) is 17.2 Å². The summed E-state index contributed by atoms with van der Waals surface area (Å²) in [5.74, 6) is 0.559. The maximum absolute atomic E-state index is 14.0. The molecule has 0 saturated carbocycles. The number of hydrogen-bond donors (Lipinski definition) is 1. The normalized spacial score (nSPS) is 18.6. The number of nitrogens with zero attached hydrogens (tertiary/aromatic N) is 1. The number of benzene rings is 1. The Morgan fingerprint density at radius 3 is 2.71 bits per heavy atom. The largest absolute Gasteiger partial charge is 0.312 e. The molecule has 1 saturated heterocycles. The van der Waals surface area contributed by atoms with Crippen molar-refractivity contribution in [3.05, 3.63) is 35.1 Å². The molecule has 0 aromatic heterocycles. The fraction of sp³-hybridized carbons (Fsp3) is 0.667. The molecule has 1 aliphatic rings. The quantitative estimate of drug-likeness (QED) is 0.858. The lowest BCUT2D eigenvalue weighted by Gasteiger charge is -2.20. The van der Waals surface area contributed by atoms with E-state index in [4.69, 9.17) is 0 Å². The molecule has 0 radical (unpaired) electrons. The maximum Gasteiger partial charge on any atom is 0.127 e. The van der Waals surface area contributed by atoms with E-state index in [0.29, 0.717) is 11.3 Å². The molecule has 1 aliphatic heterocycles. The van der Waals surface area contributed by atoms with E-state index in [1.807, 2.05) is 12.1 Å². The molecule has 0 atom stereocenters. The summed E-state index contributed by atoms with van der Waals surface area (Å²) in [7, 11) is 0. The Bertz CT molecular complexity index is 468. The van der Waals surface area contributed by atoms with Gasteiger partial charge in [0.1, 0.15) is 5.82 Å². The summed E-state index contributed by atoms with van der Waals surface area (Å²) >= 11 is 0. The summed E-state index contributed by atoms with van der Waals surface area (Å²) in [5.41, 5.74) is 2.37. The molecule has 21 heavy (non-hydrogen) atoms. The van der Waals surface area contributed by atoms with Crippen LogP contribution in [0.3, 0.4) is 0 Å². The van der Waals surface area contributed by atoms with Crippen molar-refractivity contribution in [1.29, 1.82) is 0 Å². The zero-order chi connectivity index (χ0) is 15.5. The molecular formula is C18H29FN2. The highest BCUT2D eigenvalue weighted by Crippen LogP contribution is 2.30. The van der Waals surface area contributed by atoms with Gasteiger partial charge in [0.05, 0.1) is 0 Å². The van der Waals surface area contributed by atoms with Crippen LogP contribution in [0.1, 0.15) is 45.2 Å². The molecule has 1 aromatic rings. The third-order valence-corrected chi connectivity index (χ3v) is 4.14. The third-order valence-electron chi connectivity index (χ3n) is 4.14. The van der Waals surface area contributed by atoms with Crippen LogP contribution in [0.5, 0.6) is 0 Å². The van der Waals surface area contributed by atoms with Gasteiger partial charge in [-0.3, -0.25) is 4.90 Å². The smallest absolute Gasteiger partial charge is 0.127 e. The van der Waals surface area contributed by atoms with Crippen molar-refractivity contribution in [3.63, 3.8) is 0 Å². The predicted octanol–water partition coefficient (Wildman–Crippen LogP) is 3.80. The molecule has 0 bridgehead atoms. The average molecular weight is 292 g/mol. The van der Waals surface area contributed by atoms with Crippen molar-refractivity contribution in [3.8, 4) is 0 Å². The molecule has 2 nitrogen and oxygen atoms in total. The molecular weight excluding hydrogens is 263 g/mol. The first kappa shape index (κ1) is 16.4. The molecule has 1 aromatic carbocycles. The Kier molecular flexibility index (Phi) is 5.39. The third kappa shape index (κ3) is 5.08. The summed E-state index contributed by atoms with van der Waals surface area (Å²) in [6.07, 6.45) is 1.20. The highest BCUT2D eigenvalue weighted by molar-refractivity contribution is 5.25. The lowest BCUT2D eigenvalue weighted by molar-refractivity contribution is 0.281. The predicted molar refractivity (Wildman–Crippen MR) is 86.6 cm³/mol. The van der Waals surface area contributed by atoms with Crippen LogP contribution in [-0.4, -0.2) is 24.5 Å². The first-order valence-electron chi connectivity index (χ1n) is 8.06. The first-order chi connectivity index (χ1) is 9.85. The first-order valence-corrected chi connectivity index (χ1v) is 8.06. The van der Waals surface area contributed by atoms with Gasteiger partial charge in [0.25, 0.3) is 0 Å². The molecule has 1 fully saturated rings. The lowest BCUT2D eigenvalue weighted by atomic mass is 9.93. The van der Waals surface area contributed by atoms with Crippen molar-refractivity contribution in [2.45, 2.75) is 47.2 Å². The number of likely N-dealkylation sites (tertiary alicyclic amines) is 1. The van der Waals surface area contributed by atoms with Gasteiger partial charge in [0, 0.05) is 25.2 Å². The molecule has 0 spiro atoms. The Morgan fingerprint density at radius 1 is 1.33 bits per heavy atom. The maximum atomic E-state index is 14.0. The van der Waals surface area contributed by atoms with Gasteiger partial charge >= 0.3 is 0 Å². The topological polar surface area (TPSA) is 15.3 Å². The van der Waals surface area contributed by atoms with Crippen LogP contribution in [0.25, 0.3) is 0 Å². The molecule has 1 heterocycles. The Balaban J connectivity index is 1.95. The van der Waals surface area contributed by atoms with Crippen LogP contribution < -0.4 is 5.32 Å². The molecule has 0 unspecified atom stereocenters. The van der Waals surface area contributed by atoms with E-state index in [1.54, 1.807) is 6.07 Å². The van der Waals surface area contributed by atoms with Crippen molar-refractivity contribution >= 4 is 0 Å². The van der Waals surface area contributed by atoms with Crippen LogP contribution in [0.2, 0.25) is 0 Å². The van der Waals surface area contributed by atoms with Crippen LogP contribution in [-0.2, 0) is 13.1 Å². The zero-order valence-electron chi connectivity index (χ0n) is 13.9. The van der Waals surface area contributed by atoms with Crippen molar-refractivity contribution in [2.75, 3.05) is 19.6 Å². The number of hydrogen-bond acceptors (Lipinski definition) is 2. The molecule has 3 heteroatoms. The minimum absolute atomic E-state index is 0.0766. The van der Waals surface area contributed by atoms with E-state index in [-0.39, 0.29) is 5.82 Å². The van der Waals surface area contributed by atoms with Gasteiger partial charge in [-0.2, -0.15) is 0 Å². The summed E-state index contributed by atoms with van der Waals surface area (Å²) in [5, 5.41) is 3.42. The van der Waals surface area contributed by atoms with E-state index < -0.39 is 0 Å². The van der Waals surface area contributed by atoms with Gasteiger partial charge in [-0.1, -0.05) is 39.8 Å². The van der Waals surface area contributed by atoms with Crippen LogP contribution >= 0.6 is 0 Å². The monoisotopic (exact) mass is 292 g/mol. The van der Waals surface area contributed by atoms with Gasteiger partial charge < -0.3 is 5.32 Å². The molecule has 118 valence electrons. The molecule has 1 N–H and O–H groups in total. The van der Waals surface area contributed by atoms with Gasteiger partial charge in [-0.15, -0.1) is 0 Å². The molecule has 0 amide bonds. The second kappa shape index (κ2) is 6.89. The van der Waals surface area contributed by atoms with E-state index in [2.05, 4.69) is 37.9 Å². The van der Waals surface area contributed by atoms with E-state index in [0.717, 1.165) is 38.3 Å². The number of nitrogens with one attached hydrogen (secondary N) is 1. The fourth-order valence-electron chi connectivity index (χ4n) is 2.96. The van der Waals surface area contributed by atoms with Gasteiger partial charge in [-0.25, -0.2) is 4.39 Å². The Morgan fingerprint density at radius 2 is 2.10 bits per heavy atom. The Hall–Kier alpha value is -0.930. The average Bonchev–Trinajstić information content (AvgIpc) is 2.72. The van der Waals surface area contributed by atoms with E-state index in [1.165, 1.54) is 12.0 Å². The highest BCUT2D eigenvalue weighted by atomic mass is 19.1. The number of rotatable bonds is 6. The van der Waals surface area contributed by atoms with Crippen LogP contribution in [0.4, 0.5) is 4.39 Å². The standard InChI is InChI=1S/C18H29FN2/c1-14(2)10-20-11-15-5-6-17(19)16(9-15)12-21-8-7-18(3,4)13-21/h5-6,9,14,20H,7-8,10-13H2,1-4H3. The SMILES string of the molecule is CC(C)CNCc1ccc(F)c(CN2CCC(C)(C)C2)c1. The molecule has 0 aliphatic carbocycles. The summed E-state index contributed by atoms with van der Waals surface area (Å²) in [4.78, 5) is 2.36. The van der Waals surface area contributed by atoms with Crippen LogP contribution in [0.15, 0.2) is 18.2 Å². The van der Waals surface area contributed by atoms with Gasteiger partial charge in [0.2, 0.25) is 0 Å². The van der Waals surface area contributed by atoms with Crippen molar-refractivity contribution in [1.82, 2.24) is 10.2 Å². The number of halogens is 1. The summed E-state index contributed by atoms with van der Waals surface area (Å²) < 4.78 is 14.0. The summed E-state index contributed by atoms with van der Waals surface area (Å²) in [6, 6.07) is 5.52. The second-order valence-corrected chi connectivity index (χ2v) is 7.58. The summed E-state index contributed by atoms with van der Waals surface area (Å²) in [6.45, 7) is 13.6. The minimum atomic E-state index is -0.0766. The lowest BCUT2D eigenvalue weighted by Crippen LogP contribution is -2.23. The van der Waals surface area contributed by atoms with Crippen molar-refractivity contribution in [2.24, 2.45) is 11.3 Å². The van der Waals surface area contributed by atoms with Crippen molar-refractivity contribution < 1.29 is 4.39 Å². The fourth-order valence-corrected chi connectivity index (χ4v) is 2.96. The van der Waals surface area contributed by atoms with E-state index >= 15 is 0 Å².